The van der Waals surface area contributed by atoms with Crippen molar-refractivity contribution in [1.29, 1.82) is 0 Å². The minimum Gasteiger partial charge on any atom is -0.370 e. The molecule has 1 aliphatic heterocycles. The molecule has 0 spiro atoms. The molecule has 1 amide bonds. The number of rotatable bonds is 2. The molecule has 1 heterocycles. The Labute approximate surface area is 65.9 Å². The number of carbonyl (C=O) groups excluding carboxylic acids is 1. The molecule has 1 rings (SSSR count). The number of nitrogens with zero attached hydrogens (tertiary/aromatic N) is 1. The van der Waals surface area contributed by atoms with E-state index in [2.05, 4.69) is 0 Å². The van der Waals surface area contributed by atoms with E-state index >= 15 is 0 Å². The van der Waals surface area contributed by atoms with Crippen molar-refractivity contribution in [3.8, 4) is 0 Å². The van der Waals surface area contributed by atoms with Gasteiger partial charge in [0.2, 0.25) is 5.91 Å². The SMILES string of the molecule is NC(=O)CC1CCN(O)CC1. The summed E-state index contributed by atoms with van der Waals surface area (Å²) < 4.78 is 0. The number of hydrogen-bond acceptors (Lipinski definition) is 3. The number of hydroxylamine groups is 2. The van der Waals surface area contributed by atoms with E-state index in [1.54, 1.807) is 0 Å². The Morgan fingerprint density at radius 1 is 1.55 bits per heavy atom. The molecule has 0 radical (unpaired) electrons. The van der Waals surface area contributed by atoms with Gasteiger partial charge in [-0.05, 0) is 18.8 Å². The van der Waals surface area contributed by atoms with Gasteiger partial charge in [-0.15, -0.1) is 0 Å². The number of hydrogen-bond donors (Lipinski definition) is 2. The molecule has 1 aliphatic rings. The van der Waals surface area contributed by atoms with Gasteiger partial charge in [-0.3, -0.25) is 4.79 Å². The molecule has 4 nitrogen and oxygen atoms in total. The zero-order valence-electron chi connectivity index (χ0n) is 6.49. The molecule has 3 N–H and O–H groups in total. The number of nitrogens with two attached hydrogens (primary N) is 1. The molecule has 11 heavy (non-hydrogen) atoms. The summed E-state index contributed by atoms with van der Waals surface area (Å²) >= 11 is 0. The fourth-order valence-electron chi connectivity index (χ4n) is 1.41. The van der Waals surface area contributed by atoms with Gasteiger partial charge in [-0.1, -0.05) is 0 Å². The first kappa shape index (κ1) is 8.49. The van der Waals surface area contributed by atoms with Gasteiger partial charge >= 0.3 is 0 Å². The third kappa shape index (κ3) is 2.86. The average Bonchev–Trinajstić information content (AvgIpc) is 1.93. The molecule has 0 aliphatic carbocycles. The Morgan fingerprint density at radius 3 is 2.55 bits per heavy atom. The summed E-state index contributed by atoms with van der Waals surface area (Å²) in [4.78, 5) is 10.5. The summed E-state index contributed by atoms with van der Waals surface area (Å²) in [7, 11) is 0. The van der Waals surface area contributed by atoms with Crippen molar-refractivity contribution in [2.45, 2.75) is 19.3 Å². The predicted molar refractivity (Wildman–Crippen MR) is 39.9 cm³/mol. The van der Waals surface area contributed by atoms with Gasteiger partial charge in [0.25, 0.3) is 0 Å². The van der Waals surface area contributed by atoms with E-state index in [-0.39, 0.29) is 5.91 Å². The van der Waals surface area contributed by atoms with Crippen LogP contribution in [0.25, 0.3) is 0 Å². The smallest absolute Gasteiger partial charge is 0.217 e. The molecule has 0 aromatic rings. The van der Waals surface area contributed by atoms with Gasteiger partial charge < -0.3 is 10.9 Å². The minimum atomic E-state index is -0.235. The monoisotopic (exact) mass is 158 g/mol. The molecule has 0 aromatic carbocycles. The van der Waals surface area contributed by atoms with Gasteiger partial charge in [-0.25, -0.2) is 0 Å². The van der Waals surface area contributed by atoms with Crippen molar-refractivity contribution in [2.24, 2.45) is 11.7 Å². The summed E-state index contributed by atoms with van der Waals surface area (Å²) in [6, 6.07) is 0. The Hall–Kier alpha value is -0.610. The number of primary amides is 1. The molecule has 64 valence electrons. The van der Waals surface area contributed by atoms with Crippen LogP contribution in [0.4, 0.5) is 0 Å². The molecule has 1 fully saturated rings. The van der Waals surface area contributed by atoms with Gasteiger partial charge in [0.1, 0.15) is 0 Å². The highest BCUT2D eigenvalue weighted by molar-refractivity contribution is 5.73. The molecular formula is C7H14N2O2. The largest absolute Gasteiger partial charge is 0.370 e. The van der Waals surface area contributed by atoms with Crippen molar-refractivity contribution < 1.29 is 10.0 Å². The number of carbonyl (C=O) groups is 1. The van der Waals surface area contributed by atoms with E-state index in [4.69, 9.17) is 10.9 Å². The topological polar surface area (TPSA) is 66.6 Å². The summed E-state index contributed by atoms with van der Waals surface area (Å²) in [6.45, 7) is 1.33. The first-order chi connectivity index (χ1) is 5.18. The molecule has 4 heteroatoms. The number of amides is 1. The summed E-state index contributed by atoms with van der Waals surface area (Å²) in [6.07, 6.45) is 2.22. The minimum absolute atomic E-state index is 0.235. The predicted octanol–water partition coefficient (Wildman–Crippen LogP) is -0.0370. The van der Waals surface area contributed by atoms with E-state index in [1.807, 2.05) is 0 Å². The molecule has 1 saturated heterocycles. The average molecular weight is 158 g/mol. The second-order valence-corrected chi connectivity index (χ2v) is 3.07. The maximum absolute atomic E-state index is 10.5. The lowest BCUT2D eigenvalue weighted by Crippen LogP contribution is -2.32. The van der Waals surface area contributed by atoms with Crippen molar-refractivity contribution in [1.82, 2.24) is 5.06 Å². The summed E-state index contributed by atoms with van der Waals surface area (Å²) in [5.74, 6) is 0.150. The first-order valence-electron chi connectivity index (χ1n) is 3.90. The number of piperidine rings is 1. The van der Waals surface area contributed by atoms with Crippen LogP contribution in [-0.4, -0.2) is 29.3 Å². The van der Waals surface area contributed by atoms with Gasteiger partial charge in [0, 0.05) is 19.5 Å². The van der Waals surface area contributed by atoms with Crippen LogP contribution in [0, 0.1) is 5.92 Å². The normalized spacial score (nSPS) is 21.9. The fraction of sp³-hybridized carbons (Fsp3) is 0.857. The first-order valence-corrected chi connectivity index (χ1v) is 3.90. The highest BCUT2D eigenvalue weighted by atomic mass is 16.5. The van der Waals surface area contributed by atoms with Crippen LogP contribution in [0.5, 0.6) is 0 Å². The van der Waals surface area contributed by atoms with E-state index in [0.29, 0.717) is 25.4 Å². The lowest BCUT2D eigenvalue weighted by Gasteiger charge is -2.26. The Kier molecular flexibility index (Phi) is 2.84. The van der Waals surface area contributed by atoms with Gasteiger partial charge in [-0.2, -0.15) is 5.06 Å². The molecule has 0 aromatic heterocycles. The van der Waals surface area contributed by atoms with E-state index < -0.39 is 0 Å². The van der Waals surface area contributed by atoms with Crippen LogP contribution in [0.1, 0.15) is 19.3 Å². The third-order valence-corrected chi connectivity index (χ3v) is 2.08. The summed E-state index contributed by atoms with van der Waals surface area (Å²) in [5.41, 5.74) is 5.04. The van der Waals surface area contributed by atoms with Crippen LogP contribution in [-0.2, 0) is 4.79 Å². The maximum atomic E-state index is 10.5. The van der Waals surface area contributed by atoms with Crippen LogP contribution in [0.15, 0.2) is 0 Å². The van der Waals surface area contributed by atoms with Crippen LogP contribution in [0.3, 0.4) is 0 Å². The van der Waals surface area contributed by atoms with Crippen molar-refractivity contribution in [3.05, 3.63) is 0 Å². The van der Waals surface area contributed by atoms with Gasteiger partial charge in [0.15, 0.2) is 0 Å². The second kappa shape index (κ2) is 3.69. The van der Waals surface area contributed by atoms with Crippen LogP contribution >= 0.6 is 0 Å². The highest BCUT2D eigenvalue weighted by Gasteiger charge is 2.18. The molecule has 0 saturated carbocycles. The zero-order valence-corrected chi connectivity index (χ0v) is 6.49. The van der Waals surface area contributed by atoms with E-state index in [1.165, 1.54) is 5.06 Å². The Morgan fingerprint density at radius 2 is 2.09 bits per heavy atom. The molecule has 0 bridgehead atoms. The molecule has 0 atom stereocenters. The Bertz CT molecular complexity index is 141. The summed E-state index contributed by atoms with van der Waals surface area (Å²) in [5, 5.41) is 10.3. The molecule has 0 unspecified atom stereocenters. The van der Waals surface area contributed by atoms with Crippen molar-refractivity contribution in [3.63, 3.8) is 0 Å². The fourth-order valence-corrected chi connectivity index (χ4v) is 1.41. The molecular weight excluding hydrogens is 144 g/mol. The zero-order chi connectivity index (χ0) is 8.27. The lowest BCUT2D eigenvalue weighted by molar-refractivity contribution is -0.125. The Balaban J connectivity index is 2.22. The van der Waals surface area contributed by atoms with Crippen LogP contribution < -0.4 is 5.73 Å². The third-order valence-electron chi connectivity index (χ3n) is 2.08. The van der Waals surface area contributed by atoms with Crippen molar-refractivity contribution in [2.75, 3.05) is 13.1 Å². The second-order valence-electron chi connectivity index (χ2n) is 3.07. The lowest BCUT2D eigenvalue weighted by atomic mass is 9.94. The highest BCUT2D eigenvalue weighted by Crippen LogP contribution is 2.18. The van der Waals surface area contributed by atoms with Gasteiger partial charge in [0.05, 0.1) is 0 Å². The van der Waals surface area contributed by atoms with Crippen molar-refractivity contribution >= 4 is 5.91 Å². The maximum Gasteiger partial charge on any atom is 0.217 e. The quantitative estimate of drug-likeness (QED) is 0.592. The van der Waals surface area contributed by atoms with Crippen LogP contribution in [0.2, 0.25) is 0 Å². The van der Waals surface area contributed by atoms with E-state index in [0.717, 1.165) is 12.8 Å². The standard InChI is InChI=1S/C7H14N2O2/c8-7(10)5-6-1-3-9(11)4-2-6/h6,11H,1-5H2,(H2,8,10). The van der Waals surface area contributed by atoms with E-state index in [9.17, 15) is 4.79 Å².